The van der Waals surface area contributed by atoms with Crippen molar-refractivity contribution in [2.45, 2.75) is 23.6 Å². The fourth-order valence-corrected chi connectivity index (χ4v) is 3.53. The fourth-order valence-electron chi connectivity index (χ4n) is 1.67. The molecule has 20 heavy (non-hydrogen) atoms. The average molecular weight is 363 g/mol. The van der Waals surface area contributed by atoms with E-state index in [4.69, 9.17) is 0 Å². The first kappa shape index (κ1) is 17.1. The van der Waals surface area contributed by atoms with Gasteiger partial charge >= 0.3 is 0 Å². The van der Waals surface area contributed by atoms with Crippen molar-refractivity contribution < 1.29 is 13.2 Å². The Labute approximate surface area is 128 Å². The van der Waals surface area contributed by atoms with Crippen LogP contribution in [-0.4, -0.2) is 38.8 Å². The maximum Gasteiger partial charge on any atom is 0.243 e. The Hall–Kier alpha value is -0.920. The van der Waals surface area contributed by atoms with E-state index in [9.17, 15) is 13.2 Å². The van der Waals surface area contributed by atoms with Crippen molar-refractivity contribution in [3.05, 3.63) is 29.8 Å². The summed E-state index contributed by atoms with van der Waals surface area (Å²) in [7, 11) is -2.15. The van der Waals surface area contributed by atoms with Crippen LogP contribution in [0.25, 0.3) is 0 Å². The smallest absolute Gasteiger partial charge is 0.243 e. The lowest BCUT2D eigenvalue weighted by atomic mass is 10.2. The van der Waals surface area contributed by atoms with Gasteiger partial charge in [0.2, 0.25) is 15.9 Å². The molecule has 0 radical (unpaired) electrons. The van der Waals surface area contributed by atoms with Crippen LogP contribution in [0.2, 0.25) is 0 Å². The van der Waals surface area contributed by atoms with Gasteiger partial charge in [0.1, 0.15) is 0 Å². The van der Waals surface area contributed by atoms with E-state index in [1.54, 1.807) is 24.3 Å². The second kappa shape index (κ2) is 7.75. The Bertz CT molecular complexity index is 543. The minimum Gasteiger partial charge on any atom is -0.358 e. The molecule has 0 atom stereocenters. The molecule has 0 saturated heterocycles. The number of halogens is 1. The van der Waals surface area contributed by atoms with Crippen LogP contribution in [0.1, 0.15) is 18.9 Å². The third kappa shape index (κ3) is 4.29. The molecule has 0 spiro atoms. The molecule has 1 rings (SSSR count). The summed E-state index contributed by atoms with van der Waals surface area (Å²) < 4.78 is 26.2. The Morgan fingerprint density at radius 2 is 1.90 bits per heavy atom. The second-order valence-corrected chi connectivity index (χ2v) is 6.79. The highest BCUT2D eigenvalue weighted by Gasteiger charge is 2.25. The van der Waals surface area contributed by atoms with Crippen LogP contribution in [0, 0.1) is 0 Å². The van der Waals surface area contributed by atoms with E-state index >= 15 is 0 Å². The molecule has 1 N–H and O–H groups in total. The minimum absolute atomic E-state index is 0.160. The average Bonchev–Trinajstić information content (AvgIpc) is 2.46. The van der Waals surface area contributed by atoms with Crippen LogP contribution >= 0.6 is 15.9 Å². The summed E-state index contributed by atoms with van der Waals surface area (Å²) >= 11 is 3.32. The van der Waals surface area contributed by atoms with Gasteiger partial charge in [-0.15, -0.1) is 0 Å². The highest BCUT2D eigenvalue weighted by molar-refractivity contribution is 9.08. The summed E-state index contributed by atoms with van der Waals surface area (Å²) in [5.74, 6) is -0.320. The molecule has 1 aromatic rings. The van der Waals surface area contributed by atoms with Crippen molar-refractivity contribution in [1.82, 2.24) is 9.62 Å². The van der Waals surface area contributed by atoms with Gasteiger partial charge in [0.15, 0.2) is 0 Å². The molecule has 0 heterocycles. The first-order chi connectivity index (χ1) is 9.45. The van der Waals surface area contributed by atoms with Gasteiger partial charge in [-0.05, 0) is 24.1 Å². The highest BCUT2D eigenvalue weighted by atomic mass is 79.9. The van der Waals surface area contributed by atoms with E-state index in [2.05, 4.69) is 21.2 Å². The van der Waals surface area contributed by atoms with Crippen molar-refractivity contribution in [2.24, 2.45) is 0 Å². The molecule has 0 aromatic heterocycles. The summed E-state index contributed by atoms with van der Waals surface area (Å²) in [4.78, 5) is 11.7. The number of carbonyl (C=O) groups is 1. The number of sulfonamides is 1. The lowest BCUT2D eigenvalue weighted by molar-refractivity contribution is -0.120. The van der Waals surface area contributed by atoms with Gasteiger partial charge in [-0.1, -0.05) is 35.0 Å². The Morgan fingerprint density at radius 3 is 2.35 bits per heavy atom. The molecule has 0 aliphatic carbocycles. The van der Waals surface area contributed by atoms with Gasteiger partial charge in [0.25, 0.3) is 0 Å². The summed E-state index contributed by atoms with van der Waals surface area (Å²) in [5.41, 5.74) is 0.997. The van der Waals surface area contributed by atoms with Gasteiger partial charge in [-0.2, -0.15) is 4.31 Å². The third-order valence-electron chi connectivity index (χ3n) is 2.79. The fraction of sp³-hybridized carbons (Fsp3) is 0.462. The Kier molecular flexibility index (Phi) is 6.64. The number of nitrogens with zero attached hydrogens (tertiary/aromatic N) is 1. The van der Waals surface area contributed by atoms with E-state index in [0.29, 0.717) is 18.3 Å². The van der Waals surface area contributed by atoms with E-state index in [-0.39, 0.29) is 17.3 Å². The van der Waals surface area contributed by atoms with Gasteiger partial charge in [-0.3, -0.25) is 4.79 Å². The number of rotatable bonds is 7. The number of likely N-dealkylation sites (N-methyl/N-ethyl adjacent to an activating group) is 1. The molecule has 0 aliphatic rings. The number of benzene rings is 1. The third-order valence-corrected chi connectivity index (χ3v) is 5.29. The van der Waals surface area contributed by atoms with Crippen molar-refractivity contribution >= 4 is 31.9 Å². The topological polar surface area (TPSA) is 66.5 Å². The molecule has 0 fully saturated rings. The molecule has 0 aliphatic heterocycles. The first-order valence-corrected chi connectivity index (χ1v) is 8.87. The largest absolute Gasteiger partial charge is 0.358 e. The van der Waals surface area contributed by atoms with Gasteiger partial charge in [0, 0.05) is 18.9 Å². The van der Waals surface area contributed by atoms with Gasteiger partial charge in [0.05, 0.1) is 11.4 Å². The molecule has 0 saturated carbocycles. The quantitative estimate of drug-likeness (QED) is 0.751. The second-order valence-electron chi connectivity index (χ2n) is 4.29. The molecule has 7 heteroatoms. The van der Waals surface area contributed by atoms with Gasteiger partial charge in [-0.25, -0.2) is 8.42 Å². The van der Waals surface area contributed by atoms with Crippen LogP contribution < -0.4 is 5.32 Å². The molecular weight excluding hydrogens is 344 g/mol. The standard InChI is InChI=1S/C13H19BrN2O3S/c1-3-8-16(10-13(17)15-2)20(18,19)12-6-4-11(9-14)5-7-12/h4-7H,3,8-10H2,1-2H3,(H,15,17). The normalized spacial score (nSPS) is 11.6. The Balaban J connectivity index is 3.04. The predicted molar refractivity (Wildman–Crippen MR) is 82.2 cm³/mol. The molecule has 5 nitrogen and oxygen atoms in total. The monoisotopic (exact) mass is 362 g/mol. The van der Waals surface area contributed by atoms with Crippen LogP contribution in [0.4, 0.5) is 0 Å². The maximum absolute atomic E-state index is 12.5. The zero-order chi connectivity index (χ0) is 15.2. The molecule has 112 valence electrons. The van der Waals surface area contributed by atoms with E-state index in [1.807, 2.05) is 6.92 Å². The first-order valence-electron chi connectivity index (χ1n) is 6.31. The summed E-state index contributed by atoms with van der Waals surface area (Å²) in [6.07, 6.45) is 0.649. The number of carbonyl (C=O) groups excluding carboxylic acids is 1. The van der Waals surface area contributed by atoms with E-state index < -0.39 is 10.0 Å². The minimum atomic E-state index is -3.64. The van der Waals surface area contributed by atoms with Crippen LogP contribution in [0.3, 0.4) is 0 Å². The number of nitrogens with one attached hydrogen (secondary N) is 1. The predicted octanol–water partition coefficient (Wildman–Crippen LogP) is 1.73. The number of hydrogen-bond acceptors (Lipinski definition) is 3. The summed E-state index contributed by atoms with van der Waals surface area (Å²) in [5, 5.41) is 3.12. The van der Waals surface area contributed by atoms with Gasteiger partial charge < -0.3 is 5.32 Å². The lowest BCUT2D eigenvalue weighted by Gasteiger charge is -2.20. The van der Waals surface area contributed by atoms with Crippen molar-refractivity contribution in [3.8, 4) is 0 Å². The number of amides is 1. The SMILES string of the molecule is CCCN(CC(=O)NC)S(=O)(=O)c1ccc(CBr)cc1. The van der Waals surface area contributed by atoms with Crippen LogP contribution in [0.15, 0.2) is 29.2 Å². The van der Waals surface area contributed by atoms with Crippen molar-refractivity contribution in [1.29, 1.82) is 0 Å². The van der Waals surface area contributed by atoms with Crippen LogP contribution in [0.5, 0.6) is 0 Å². The molecule has 0 bridgehead atoms. The zero-order valence-electron chi connectivity index (χ0n) is 11.6. The number of alkyl halides is 1. The summed E-state index contributed by atoms with van der Waals surface area (Å²) in [6, 6.07) is 6.65. The summed E-state index contributed by atoms with van der Waals surface area (Å²) in [6.45, 7) is 2.03. The van der Waals surface area contributed by atoms with Crippen molar-refractivity contribution in [2.75, 3.05) is 20.1 Å². The molecule has 0 unspecified atom stereocenters. The van der Waals surface area contributed by atoms with Crippen LogP contribution in [-0.2, 0) is 20.1 Å². The van der Waals surface area contributed by atoms with Crippen molar-refractivity contribution in [3.63, 3.8) is 0 Å². The zero-order valence-corrected chi connectivity index (χ0v) is 14.0. The maximum atomic E-state index is 12.5. The molecule has 1 aromatic carbocycles. The Morgan fingerprint density at radius 1 is 1.30 bits per heavy atom. The highest BCUT2D eigenvalue weighted by Crippen LogP contribution is 2.17. The molecule has 1 amide bonds. The van der Waals surface area contributed by atoms with E-state index in [0.717, 1.165) is 5.56 Å². The lowest BCUT2D eigenvalue weighted by Crippen LogP contribution is -2.40. The number of hydrogen-bond donors (Lipinski definition) is 1. The molecular formula is C13H19BrN2O3S. The van der Waals surface area contributed by atoms with E-state index in [1.165, 1.54) is 11.4 Å².